The Morgan fingerprint density at radius 3 is 2.22 bits per heavy atom. The number of fused-ring (bicyclic) bond motifs is 2. The van der Waals surface area contributed by atoms with Crippen molar-refractivity contribution >= 4 is 19.2 Å². The van der Waals surface area contributed by atoms with Crippen LogP contribution in [0.15, 0.2) is 36.7 Å². The molecule has 3 heterocycles. The normalized spacial score (nSPS) is 24.8. The first-order chi connectivity index (χ1) is 26.4. The molecule has 0 bridgehead atoms. The van der Waals surface area contributed by atoms with E-state index in [1.54, 1.807) is 12.1 Å². The van der Waals surface area contributed by atoms with Crippen LogP contribution in [0.4, 0.5) is 10.2 Å². The number of hydrogen-bond donors (Lipinski definition) is 4. The molecule has 3 aromatic rings. The summed E-state index contributed by atoms with van der Waals surface area (Å²) in [6.45, 7) is 3.37. The van der Waals surface area contributed by atoms with Crippen LogP contribution >= 0.6 is 7.82 Å². The fourth-order valence-corrected chi connectivity index (χ4v) is 8.85. The van der Waals surface area contributed by atoms with Crippen molar-refractivity contribution in [3.8, 4) is 6.07 Å². The average molecular weight is 788 g/mol. The number of hydrogen-bond acceptors (Lipinski definition) is 11. The molecule has 0 spiro atoms. The number of unbranched alkanes of at least 4 members (excludes halogenated alkanes) is 15. The van der Waals surface area contributed by atoms with E-state index in [1.165, 1.54) is 107 Å². The summed E-state index contributed by atoms with van der Waals surface area (Å²) in [4.78, 5) is 14.7. The molecule has 7 atom stereocenters. The summed E-state index contributed by atoms with van der Waals surface area (Å²) in [5.74, 6) is -0.338. The van der Waals surface area contributed by atoms with Gasteiger partial charge in [-0.15, -0.1) is 0 Å². The van der Waals surface area contributed by atoms with Crippen LogP contribution in [0, 0.1) is 17.1 Å². The first-order valence-electron chi connectivity index (χ1n) is 20.1. The van der Waals surface area contributed by atoms with Crippen molar-refractivity contribution < 1.29 is 42.6 Å². The van der Waals surface area contributed by atoms with Crippen molar-refractivity contribution in [1.29, 1.82) is 5.26 Å². The number of anilines is 1. The van der Waals surface area contributed by atoms with Crippen molar-refractivity contribution in [3.63, 3.8) is 0 Å². The molecule has 1 aromatic carbocycles. The Balaban J connectivity index is 1.06. The minimum Gasteiger partial charge on any atom is -0.387 e. The van der Waals surface area contributed by atoms with Crippen molar-refractivity contribution in [2.75, 3.05) is 12.3 Å². The Bertz CT molecular complexity index is 1770. The number of phosphoric acid groups is 1. The van der Waals surface area contributed by atoms with Gasteiger partial charge in [0.2, 0.25) is 0 Å². The van der Waals surface area contributed by atoms with Crippen LogP contribution in [-0.4, -0.2) is 65.8 Å². The second-order valence-electron chi connectivity index (χ2n) is 15.4. The van der Waals surface area contributed by atoms with Gasteiger partial charge in [0.25, 0.3) is 0 Å². The number of halogens is 1. The van der Waals surface area contributed by atoms with E-state index >= 15 is 0 Å². The van der Waals surface area contributed by atoms with E-state index in [0.29, 0.717) is 23.2 Å². The minimum atomic E-state index is -4.80. The van der Waals surface area contributed by atoms with Crippen molar-refractivity contribution in [2.24, 2.45) is 0 Å². The van der Waals surface area contributed by atoms with Crippen molar-refractivity contribution in [1.82, 2.24) is 14.6 Å². The second-order valence-corrected chi connectivity index (χ2v) is 16.8. The summed E-state index contributed by atoms with van der Waals surface area (Å²) in [6.07, 6.45) is 16.9. The molecule has 15 heteroatoms. The molecule has 2 aliphatic rings. The van der Waals surface area contributed by atoms with Gasteiger partial charge < -0.3 is 30.3 Å². The van der Waals surface area contributed by atoms with Crippen molar-refractivity contribution in [3.05, 3.63) is 59.3 Å². The zero-order chi connectivity index (χ0) is 39.5. The molecule has 13 nitrogen and oxygen atoms in total. The van der Waals surface area contributed by atoms with E-state index in [-0.39, 0.29) is 24.6 Å². The van der Waals surface area contributed by atoms with E-state index < -0.39 is 49.3 Å². The highest BCUT2D eigenvalue weighted by Crippen LogP contribution is 2.68. The molecule has 2 aromatic heterocycles. The summed E-state index contributed by atoms with van der Waals surface area (Å²) in [5.41, 5.74) is 3.90. The maximum Gasteiger partial charge on any atom is 0.472 e. The summed E-state index contributed by atoms with van der Waals surface area (Å²) < 4.78 is 51.7. The molecule has 1 aliphatic heterocycles. The molecule has 1 saturated heterocycles. The molecule has 0 amide bonds. The van der Waals surface area contributed by atoms with Gasteiger partial charge in [0.05, 0.1) is 36.6 Å². The first kappa shape index (κ1) is 43.1. The Hall–Kier alpha value is -2.99. The Kier molecular flexibility index (Phi) is 15.6. The topological polar surface area (TPSA) is 195 Å². The fourth-order valence-electron chi connectivity index (χ4n) is 7.80. The van der Waals surface area contributed by atoms with Gasteiger partial charge >= 0.3 is 7.82 Å². The highest BCUT2D eigenvalue weighted by atomic mass is 31.2. The highest BCUT2D eigenvalue weighted by Gasteiger charge is 2.87. The number of ether oxygens (including phenoxy) is 2. The zero-order valence-electron chi connectivity index (χ0n) is 32.3. The molecule has 1 saturated carbocycles. The lowest BCUT2D eigenvalue weighted by Gasteiger charge is -2.24. The summed E-state index contributed by atoms with van der Waals surface area (Å²) >= 11 is 0. The Labute approximate surface area is 324 Å². The van der Waals surface area contributed by atoms with E-state index in [0.717, 1.165) is 31.7 Å². The molecule has 304 valence electrons. The zero-order valence-corrected chi connectivity index (χ0v) is 33.2. The lowest BCUT2D eigenvalue weighted by atomic mass is 10.0. The van der Waals surface area contributed by atoms with Crippen LogP contribution in [0.3, 0.4) is 0 Å². The third-order valence-electron chi connectivity index (χ3n) is 11.1. The molecule has 1 aliphatic carbocycles. The van der Waals surface area contributed by atoms with Gasteiger partial charge in [-0.3, -0.25) is 9.05 Å². The van der Waals surface area contributed by atoms with Crippen LogP contribution in [-0.2, 0) is 29.7 Å². The Morgan fingerprint density at radius 2 is 1.64 bits per heavy atom. The van der Waals surface area contributed by atoms with Crippen LogP contribution < -0.4 is 5.73 Å². The maximum absolute atomic E-state index is 14.1. The number of nitrogens with zero attached hydrogens (tertiary/aromatic N) is 4. The molecule has 1 unspecified atom stereocenters. The quantitative estimate of drug-likeness (QED) is 0.0453. The van der Waals surface area contributed by atoms with E-state index in [1.807, 2.05) is 6.07 Å². The van der Waals surface area contributed by atoms with Gasteiger partial charge in [0.15, 0.2) is 11.4 Å². The van der Waals surface area contributed by atoms with Crippen LogP contribution in [0.5, 0.6) is 0 Å². The smallest absolute Gasteiger partial charge is 0.387 e. The van der Waals surface area contributed by atoms with Gasteiger partial charge in [0, 0.05) is 0 Å². The molecular weight excluding hydrogens is 728 g/mol. The number of aromatic nitrogens is 3. The molecule has 5 N–H and O–H groups in total. The lowest BCUT2D eigenvalue weighted by molar-refractivity contribution is -0.0816. The monoisotopic (exact) mass is 787 g/mol. The van der Waals surface area contributed by atoms with Gasteiger partial charge in [0.1, 0.15) is 41.6 Å². The second kappa shape index (κ2) is 19.9. The molecule has 5 rings (SSSR count). The third-order valence-corrected chi connectivity index (χ3v) is 12.1. The van der Waals surface area contributed by atoms with Crippen molar-refractivity contribution in [2.45, 2.75) is 165 Å². The minimum absolute atomic E-state index is 0.0389. The number of rotatable bonds is 26. The van der Waals surface area contributed by atoms with Crippen LogP contribution in [0.25, 0.3) is 5.52 Å². The van der Waals surface area contributed by atoms with Crippen LogP contribution in [0.1, 0.15) is 146 Å². The molecule has 0 radical (unpaired) electrons. The van der Waals surface area contributed by atoms with Gasteiger partial charge in [-0.25, -0.2) is 18.5 Å². The predicted octanol–water partition coefficient (Wildman–Crippen LogP) is 8.00. The third kappa shape index (κ3) is 10.9. The van der Waals surface area contributed by atoms with Crippen LogP contribution in [0.2, 0.25) is 0 Å². The number of nitriles is 1. The first-order valence-corrected chi connectivity index (χ1v) is 21.6. The standard InChI is InChI=1S/C40H59FN5O8P/c1-3-4-5-6-7-8-9-10-11-12-13-14-15-16-17-18-19-32(51-26-30-22-29(25-42)23-31(41)24-30)27-52-55(49,50)54-38-39(2)40(38,48)36(47)35(53-39)33-20-21-34-37(43)44-28-45-46(33)34/h20-24,28,32,35-36,38,47-48H,3-19,26-27H2,1-2H3,(H,49,50)(H2,43,44,45)/t32-,35+,36-,38+,39+,40+/m0/s1. The number of nitrogens with two attached hydrogens (primary N) is 1. The number of nitrogen functional groups attached to an aromatic ring is 1. The number of phosphoric ester groups is 1. The molecular formula is C40H59FN5O8P. The predicted molar refractivity (Wildman–Crippen MR) is 205 cm³/mol. The van der Waals surface area contributed by atoms with E-state index in [2.05, 4.69) is 17.0 Å². The summed E-state index contributed by atoms with van der Waals surface area (Å²) in [6, 6.07) is 9.18. The molecule has 55 heavy (non-hydrogen) atoms. The SMILES string of the molecule is CCCCCCCCCCCCCCCCCC[C@@H](COP(=O)(O)O[C@H]1[C@]2(O)[C@@H](O)[C@@H](c3ccc4c(N)ncnn34)O[C@]12C)OCc1cc(F)cc(C#N)c1. The van der Waals surface area contributed by atoms with Gasteiger partial charge in [-0.1, -0.05) is 110 Å². The number of aliphatic hydroxyl groups is 2. The lowest BCUT2D eigenvalue weighted by Crippen LogP contribution is -2.35. The summed E-state index contributed by atoms with van der Waals surface area (Å²) in [5, 5.41) is 36.1. The summed E-state index contributed by atoms with van der Waals surface area (Å²) in [7, 11) is -4.80. The number of benzene rings is 1. The maximum atomic E-state index is 14.1. The Morgan fingerprint density at radius 1 is 1.02 bits per heavy atom. The fraction of sp³-hybridized carbons (Fsp3) is 0.675. The van der Waals surface area contributed by atoms with E-state index in [4.69, 9.17) is 24.3 Å². The highest BCUT2D eigenvalue weighted by molar-refractivity contribution is 7.47. The molecule has 2 fully saturated rings. The van der Waals surface area contributed by atoms with Gasteiger partial charge in [-0.2, -0.15) is 10.4 Å². The van der Waals surface area contributed by atoms with Gasteiger partial charge in [-0.05, 0) is 49.2 Å². The number of aliphatic hydroxyl groups excluding tert-OH is 1. The average Bonchev–Trinajstić information content (AvgIpc) is 3.42. The van der Waals surface area contributed by atoms with E-state index in [9.17, 15) is 29.3 Å². The largest absolute Gasteiger partial charge is 0.472 e.